The Hall–Kier alpha value is -2.08. The first-order valence-corrected chi connectivity index (χ1v) is 17.4. The molecule has 2 N–H and O–H groups in total. The van der Waals surface area contributed by atoms with Crippen LogP contribution in [0.25, 0.3) is 0 Å². The molecule has 1 heterocycles. The number of benzene rings is 2. The van der Waals surface area contributed by atoms with Crippen LogP contribution in [-0.4, -0.2) is 51.6 Å². The summed E-state index contributed by atoms with van der Waals surface area (Å²) >= 11 is 1.42. The van der Waals surface area contributed by atoms with Crippen LogP contribution >= 0.6 is 11.8 Å². The highest BCUT2D eigenvalue weighted by Gasteiger charge is 2.42. The fourth-order valence-electron chi connectivity index (χ4n) is 5.11. The summed E-state index contributed by atoms with van der Waals surface area (Å²) in [5, 5.41) is 2.50. The molecule has 1 aliphatic heterocycles. The van der Waals surface area contributed by atoms with Crippen LogP contribution in [0.2, 0.25) is 0 Å². The van der Waals surface area contributed by atoms with Crippen LogP contribution in [0, 0.1) is 5.41 Å². The van der Waals surface area contributed by atoms with Crippen LogP contribution in [0.15, 0.2) is 52.3 Å². The lowest BCUT2D eigenvalue weighted by Gasteiger charge is -2.37. The molecule has 11 heteroatoms. The third-order valence-electron chi connectivity index (χ3n) is 6.96. The Morgan fingerprint density at radius 1 is 1.11 bits per heavy atom. The van der Waals surface area contributed by atoms with Crippen LogP contribution in [0.3, 0.4) is 0 Å². The summed E-state index contributed by atoms with van der Waals surface area (Å²) in [6.07, 6.45) is 7.35. The lowest BCUT2D eigenvalue weighted by Crippen LogP contribution is -2.38. The molecule has 0 saturated carbocycles. The first-order chi connectivity index (χ1) is 17.9. The van der Waals surface area contributed by atoms with Crippen molar-refractivity contribution in [3.63, 3.8) is 0 Å². The summed E-state index contributed by atoms with van der Waals surface area (Å²) in [6, 6.07) is 13.3. The van der Waals surface area contributed by atoms with Gasteiger partial charge < -0.3 is 10.2 Å². The Balaban J connectivity index is 2.15. The molecule has 2 aromatic carbocycles. The van der Waals surface area contributed by atoms with Crippen molar-refractivity contribution in [2.75, 3.05) is 29.2 Å². The normalized spacial score (nSPS) is 16.5. The topological polar surface area (TPSA) is 121 Å². The number of thioether (sulfide) groups is 1. The van der Waals surface area contributed by atoms with Gasteiger partial charge in [0.2, 0.25) is 5.91 Å². The van der Waals surface area contributed by atoms with Gasteiger partial charge in [-0.2, -0.15) is 8.42 Å². The monoisotopic (exact) mass is 582 g/mol. The van der Waals surface area contributed by atoms with Gasteiger partial charge in [-0.15, -0.1) is 11.8 Å². The molecule has 0 fully saturated rings. The Morgan fingerprint density at radius 3 is 2.29 bits per heavy atom. The second-order valence-electron chi connectivity index (χ2n) is 10.0. The number of carbonyl (C=O) groups is 1. The average Bonchev–Trinajstić information content (AvgIpc) is 2.96. The summed E-state index contributed by atoms with van der Waals surface area (Å²) in [4.78, 5) is 15.2. The average molecular weight is 583 g/mol. The molecule has 38 heavy (non-hydrogen) atoms. The molecule has 1 aliphatic rings. The van der Waals surface area contributed by atoms with Gasteiger partial charge in [0, 0.05) is 29.1 Å². The third-order valence-corrected chi connectivity index (χ3v) is 10.4. The van der Waals surface area contributed by atoms with Crippen LogP contribution in [0.5, 0.6) is 0 Å². The molecule has 0 saturated heterocycles. The van der Waals surface area contributed by atoms with Crippen molar-refractivity contribution in [2.24, 2.45) is 5.41 Å². The van der Waals surface area contributed by atoms with Crippen molar-refractivity contribution >= 4 is 49.0 Å². The van der Waals surface area contributed by atoms with Crippen LogP contribution in [0.4, 0.5) is 11.4 Å². The fraction of sp³-hybridized carbons (Fsp3) is 0.519. The highest BCUT2D eigenvalue weighted by molar-refractivity contribution is 7.98. The van der Waals surface area contributed by atoms with E-state index in [2.05, 4.69) is 24.1 Å². The minimum Gasteiger partial charge on any atom is -0.351 e. The smallest absolute Gasteiger partial charge is 0.274 e. The first-order valence-electron chi connectivity index (χ1n) is 12.9. The molecule has 0 spiro atoms. The van der Waals surface area contributed by atoms with Gasteiger partial charge in [-0.1, -0.05) is 57.7 Å². The Labute approximate surface area is 231 Å². The molecule has 0 bridgehead atoms. The fourth-order valence-corrected chi connectivity index (χ4v) is 8.31. The summed E-state index contributed by atoms with van der Waals surface area (Å²) in [7, 11) is -8.17. The number of unbranched alkanes of at least 4 members (excludes halogenated alkanes) is 2. The highest BCUT2D eigenvalue weighted by atomic mass is 32.2. The third kappa shape index (κ3) is 7.74. The largest absolute Gasteiger partial charge is 0.351 e. The molecule has 0 atom stereocenters. The number of sulfone groups is 1. The molecule has 0 unspecified atom stereocenters. The summed E-state index contributed by atoms with van der Waals surface area (Å²) in [6.45, 7) is 4.77. The number of nitrogens with one attached hydrogen (secondary N) is 1. The number of rotatable bonds is 12. The number of fused-ring (bicyclic) bond motifs is 1. The number of carbonyl (C=O) groups excluding carboxylic acids is 1. The summed E-state index contributed by atoms with van der Waals surface area (Å²) in [5.41, 5.74) is 1.70. The van der Waals surface area contributed by atoms with Crippen molar-refractivity contribution in [2.45, 2.75) is 68.7 Å². The maximum atomic E-state index is 14.1. The van der Waals surface area contributed by atoms with Crippen LogP contribution in [0.1, 0.15) is 57.9 Å². The molecule has 8 nitrogen and oxygen atoms in total. The van der Waals surface area contributed by atoms with E-state index in [1.165, 1.54) is 11.8 Å². The maximum absolute atomic E-state index is 14.1. The molecular formula is C27H38N2O6S3. The second-order valence-corrected chi connectivity index (χ2v) is 14.3. The standard InChI is InChI=1S/C27H38N2O6S3/c1-4-6-13-27(14-7-5-2)19-29(22-11-9-8-10-12-22)23-16-24(36-3)21(15-25(23)37(31,32)20-27)17-28-26(30)18-38(33,34)35/h8-12,15-16H,4-7,13-14,17-20H2,1-3H3,(H,28,30)(H,33,34,35). The van der Waals surface area contributed by atoms with E-state index in [1.54, 1.807) is 6.07 Å². The van der Waals surface area contributed by atoms with Gasteiger partial charge in [0.25, 0.3) is 10.1 Å². The van der Waals surface area contributed by atoms with Gasteiger partial charge in [0.15, 0.2) is 15.6 Å². The zero-order chi connectivity index (χ0) is 28.0. The number of anilines is 2. The van der Waals surface area contributed by atoms with Crippen molar-refractivity contribution in [3.05, 3.63) is 48.0 Å². The van der Waals surface area contributed by atoms with Gasteiger partial charge in [-0.25, -0.2) is 8.42 Å². The lowest BCUT2D eigenvalue weighted by atomic mass is 9.79. The zero-order valence-electron chi connectivity index (χ0n) is 22.3. The molecule has 2 aromatic rings. The van der Waals surface area contributed by atoms with Crippen molar-refractivity contribution in [1.82, 2.24) is 5.32 Å². The Morgan fingerprint density at radius 2 is 1.74 bits per heavy atom. The van der Waals surface area contributed by atoms with Crippen molar-refractivity contribution < 1.29 is 26.2 Å². The van der Waals surface area contributed by atoms with Crippen LogP contribution in [-0.2, 0) is 31.3 Å². The molecule has 0 radical (unpaired) electrons. The predicted octanol–water partition coefficient (Wildman–Crippen LogP) is 5.20. The number of para-hydroxylation sites is 1. The van der Waals surface area contributed by atoms with Crippen molar-refractivity contribution in [3.8, 4) is 0 Å². The second kappa shape index (κ2) is 12.8. The molecule has 3 rings (SSSR count). The van der Waals surface area contributed by atoms with E-state index in [0.717, 1.165) is 49.1 Å². The molecule has 1 amide bonds. The van der Waals surface area contributed by atoms with Crippen LogP contribution < -0.4 is 10.2 Å². The number of hydrogen-bond donors (Lipinski definition) is 2. The lowest BCUT2D eigenvalue weighted by molar-refractivity contribution is -0.118. The summed E-state index contributed by atoms with van der Waals surface area (Å²) < 4.78 is 59.2. The van der Waals surface area contributed by atoms with E-state index >= 15 is 0 Å². The predicted molar refractivity (Wildman–Crippen MR) is 153 cm³/mol. The molecule has 0 aromatic heterocycles. The van der Waals surface area contributed by atoms with E-state index in [4.69, 9.17) is 4.55 Å². The van der Waals surface area contributed by atoms with E-state index in [9.17, 15) is 21.6 Å². The van der Waals surface area contributed by atoms with Gasteiger partial charge in [0.1, 0.15) is 0 Å². The number of nitrogens with zero attached hydrogens (tertiary/aromatic N) is 1. The Bertz CT molecular complexity index is 1320. The molecular weight excluding hydrogens is 545 g/mol. The van der Waals surface area contributed by atoms with E-state index in [1.807, 2.05) is 42.7 Å². The van der Waals surface area contributed by atoms with E-state index in [0.29, 0.717) is 17.8 Å². The van der Waals surface area contributed by atoms with Gasteiger partial charge in [-0.05, 0) is 48.9 Å². The van der Waals surface area contributed by atoms with Gasteiger partial charge >= 0.3 is 0 Å². The SMILES string of the molecule is CCCCC1(CCCC)CN(c2ccccc2)c2cc(SC)c(CNC(=O)CS(=O)(=O)O)cc2S(=O)(=O)C1. The van der Waals surface area contributed by atoms with Gasteiger partial charge in [0.05, 0.1) is 16.3 Å². The first kappa shape index (κ1) is 30.5. The maximum Gasteiger partial charge on any atom is 0.274 e. The molecule has 210 valence electrons. The number of amides is 1. The van der Waals surface area contributed by atoms with E-state index in [-0.39, 0.29) is 17.2 Å². The van der Waals surface area contributed by atoms with Gasteiger partial charge in [-0.3, -0.25) is 9.35 Å². The molecule has 0 aliphatic carbocycles. The Kier molecular flexibility index (Phi) is 10.3. The highest BCUT2D eigenvalue weighted by Crippen LogP contribution is 2.46. The van der Waals surface area contributed by atoms with E-state index < -0.39 is 37.0 Å². The minimum atomic E-state index is -4.47. The minimum absolute atomic E-state index is 0.0451. The quantitative estimate of drug-likeness (QED) is 0.259. The summed E-state index contributed by atoms with van der Waals surface area (Å²) in [5.74, 6) is -1.87. The van der Waals surface area contributed by atoms with Crippen molar-refractivity contribution in [1.29, 1.82) is 0 Å². The zero-order valence-corrected chi connectivity index (χ0v) is 24.7. The number of hydrogen-bond acceptors (Lipinski definition) is 7.